The number of carbonyl (C=O) groups excluding carboxylic acids is 1. The average molecular weight is 415 g/mol. The molecular weight excluding hydrogens is 391 g/mol. The van der Waals surface area contributed by atoms with Crippen molar-refractivity contribution in [3.8, 4) is 5.69 Å². The monoisotopic (exact) mass is 414 g/mol. The van der Waals surface area contributed by atoms with Gasteiger partial charge in [-0.25, -0.2) is 9.07 Å². The van der Waals surface area contributed by atoms with Crippen molar-refractivity contribution in [1.82, 2.24) is 20.0 Å². The lowest BCUT2D eigenvalue weighted by atomic mass is 10.1. The number of aryl methyl sites for hydroxylation is 1. The van der Waals surface area contributed by atoms with E-state index in [4.69, 9.17) is 11.6 Å². The smallest absolute Gasteiger partial charge is 0.251 e. The molecule has 3 rings (SSSR count). The van der Waals surface area contributed by atoms with Crippen LogP contribution in [0.2, 0.25) is 5.02 Å². The molecule has 0 bridgehead atoms. The normalized spacial score (nSPS) is 12.2. The quantitative estimate of drug-likeness (QED) is 0.653. The molecule has 1 atom stereocenters. The molecule has 1 aromatic heterocycles. The van der Waals surface area contributed by atoms with Crippen molar-refractivity contribution in [1.29, 1.82) is 0 Å². The molecule has 2 aromatic carbocycles. The molecule has 0 fully saturated rings. The second-order valence-corrected chi connectivity index (χ2v) is 7.57. The Morgan fingerprint density at radius 2 is 1.90 bits per heavy atom. The Balaban J connectivity index is 1.71. The number of rotatable bonds is 6. The van der Waals surface area contributed by atoms with Gasteiger partial charge in [-0.1, -0.05) is 23.7 Å². The fourth-order valence-electron chi connectivity index (χ4n) is 3.23. The van der Waals surface area contributed by atoms with Gasteiger partial charge in [0.05, 0.1) is 28.1 Å². The Labute approximate surface area is 175 Å². The van der Waals surface area contributed by atoms with Crippen molar-refractivity contribution in [2.45, 2.75) is 19.9 Å². The first kappa shape index (κ1) is 21.0. The third-order valence-electron chi connectivity index (χ3n) is 4.89. The number of nitrogens with one attached hydrogen (secondary N) is 1. The van der Waals surface area contributed by atoms with Crippen LogP contribution in [0.1, 0.15) is 33.4 Å². The number of amides is 1. The Morgan fingerprint density at radius 1 is 1.21 bits per heavy atom. The maximum absolute atomic E-state index is 13.6. The van der Waals surface area contributed by atoms with Crippen LogP contribution in [0.25, 0.3) is 5.69 Å². The SMILES string of the molecule is Cc1nn(-c2ccc(C(=O)NCC(c3cccc(F)c3)N(C)C)cc2)c(C)c1Cl. The van der Waals surface area contributed by atoms with Gasteiger partial charge in [0.2, 0.25) is 0 Å². The maximum atomic E-state index is 13.6. The van der Waals surface area contributed by atoms with Crippen molar-refractivity contribution in [3.63, 3.8) is 0 Å². The van der Waals surface area contributed by atoms with Gasteiger partial charge in [0.25, 0.3) is 5.91 Å². The number of carbonyl (C=O) groups is 1. The van der Waals surface area contributed by atoms with Gasteiger partial charge in [0.1, 0.15) is 5.82 Å². The van der Waals surface area contributed by atoms with E-state index in [-0.39, 0.29) is 17.8 Å². The van der Waals surface area contributed by atoms with E-state index in [1.165, 1.54) is 12.1 Å². The highest BCUT2D eigenvalue weighted by atomic mass is 35.5. The van der Waals surface area contributed by atoms with E-state index < -0.39 is 0 Å². The minimum Gasteiger partial charge on any atom is -0.350 e. The van der Waals surface area contributed by atoms with Crippen LogP contribution in [0.15, 0.2) is 48.5 Å². The molecule has 5 nitrogen and oxygen atoms in total. The van der Waals surface area contributed by atoms with Crippen molar-refractivity contribution in [2.24, 2.45) is 0 Å². The molecule has 3 aromatic rings. The van der Waals surface area contributed by atoms with Crippen LogP contribution in [0, 0.1) is 19.7 Å². The summed E-state index contributed by atoms with van der Waals surface area (Å²) in [4.78, 5) is 14.5. The van der Waals surface area contributed by atoms with E-state index in [1.807, 2.05) is 51.0 Å². The molecule has 7 heteroatoms. The summed E-state index contributed by atoms with van der Waals surface area (Å²) >= 11 is 6.21. The second kappa shape index (κ2) is 8.76. The van der Waals surface area contributed by atoms with Crippen molar-refractivity contribution in [3.05, 3.63) is 81.9 Å². The molecule has 0 aliphatic rings. The van der Waals surface area contributed by atoms with Crippen LogP contribution < -0.4 is 5.32 Å². The summed E-state index contributed by atoms with van der Waals surface area (Å²) in [6, 6.07) is 13.5. The lowest BCUT2D eigenvalue weighted by Gasteiger charge is -2.25. The molecule has 29 heavy (non-hydrogen) atoms. The lowest BCUT2D eigenvalue weighted by Crippen LogP contribution is -2.34. The molecule has 0 spiro atoms. The summed E-state index contributed by atoms with van der Waals surface area (Å²) in [5, 5.41) is 8.00. The largest absolute Gasteiger partial charge is 0.350 e. The zero-order chi connectivity index (χ0) is 21.1. The van der Waals surface area contributed by atoms with E-state index in [9.17, 15) is 9.18 Å². The average Bonchev–Trinajstić information content (AvgIpc) is 2.95. The molecule has 1 amide bonds. The number of nitrogens with zero attached hydrogens (tertiary/aromatic N) is 3. The number of likely N-dealkylation sites (N-methyl/N-ethyl adjacent to an activating group) is 1. The molecule has 1 unspecified atom stereocenters. The number of halogens is 2. The minimum absolute atomic E-state index is 0.134. The Hall–Kier alpha value is -2.70. The standard InChI is InChI=1S/C22H24ClFN4O/c1-14-21(23)15(2)28(26-14)19-10-8-16(9-11-19)22(29)25-13-20(27(3)4)17-6-5-7-18(24)12-17/h5-12,20H,13H2,1-4H3,(H,25,29). The van der Waals surface area contributed by atoms with Gasteiger partial charge in [0.15, 0.2) is 0 Å². The topological polar surface area (TPSA) is 50.2 Å². The highest BCUT2D eigenvalue weighted by Crippen LogP contribution is 2.23. The molecule has 0 aliphatic heterocycles. The zero-order valence-electron chi connectivity index (χ0n) is 16.9. The molecule has 0 saturated carbocycles. The molecule has 0 saturated heterocycles. The number of aromatic nitrogens is 2. The molecule has 0 aliphatic carbocycles. The number of benzene rings is 2. The van der Waals surface area contributed by atoms with Crippen molar-refractivity contribution < 1.29 is 9.18 Å². The Kier molecular flexibility index (Phi) is 6.35. The third-order valence-corrected chi connectivity index (χ3v) is 5.44. The first-order chi connectivity index (χ1) is 13.8. The fraction of sp³-hybridized carbons (Fsp3) is 0.273. The third kappa shape index (κ3) is 4.66. The molecule has 1 heterocycles. The Morgan fingerprint density at radius 3 is 2.45 bits per heavy atom. The summed E-state index contributed by atoms with van der Waals surface area (Å²) in [5.41, 5.74) is 3.80. The highest BCUT2D eigenvalue weighted by Gasteiger charge is 2.17. The Bertz CT molecular complexity index is 1010. The van der Waals surface area contributed by atoms with Crippen LogP contribution in [-0.2, 0) is 0 Å². The first-order valence-electron chi connectivity index (χ1n) is 9.30. The van der Waals surface area contributed by atoms with Gasteiger partial charge in [-0.05, 0) is 69.9 Å². The van der Waals surface area contributed by atoms with Gasteiger partial charge in [0, 0.05) is 12.1 Å². The van der Waals surface area contributed by atoms with Gasteiger partial charge < -0.3 is 10.2 Å². The predicted molar refractivity (Wildman–Crippen MR) is 113 cm³/mol. The van der Waals surface area contributed by atoms with E-state index in [2.05, 4.69) is 10.4 Å². The van der Waals surface area contributed by atoms with E-state index in [1.54, 1.807) is 22.9 Å². The van der Waals surface area contributed by atoms with E-state index in [0.717, 1.165) is 22.6 Å². The van der Waals surface area contributed by atoms with Crippen LogP contribution in [0.5, 0.6) is 0 Å². The summed E-state index contributed by atoms with van der Waals surface area (Å²) < 4.78 is 15.3. The maximum Gasteiger partial charge on any atom is 0.251 e. The van der Waals surface area contributed by atoms with Crippen LogP contribution >= 0.6 is 11.6 Å². The molecule has 152 valence electrons. The van der Waals surface area contributed by atoms with Crippen LogP contribution in [0.3, 0.4) is 0 Å². The lowest BCUT2D eigenvalue weighted by molar-refractivity contribution is 0.0942. The van der Waals surface area contributed by atoms with Gasteiger partial charge in [-0.3, -0.25) is 4.79 Å². The minimum atomic E-state index is -0.291. The summed E-state index contributed by atoms with van der Waals surface area (Å²) in [7, 11) is 3.80. The second-order valence-electron chi connectivity index (χ2n) is 7.19. The highest BCUT2D eigenvalue weighted by molar-refractivity contribution is 6.31. The zero-order valence-corrected chi connectivity index (χ0v) is 17.7. The predicted octanol–water partition coefficient (Wildman–Crippen LogP) is 4.31. The molecule has 0 radical (unpaired) electrons. The molecular formula is C22H24ClFN4O. The van der Waals surface area contributed by atoms with Crippen LogP contribution in [-0.4, -0.2) is 41.2 Å². The van der Waals surface area contributed by atoms with Crippen LogP contribution in [0.4, 0.5) is 4.39 Å². The van der Waals surface area contributed by atoms with E-state index >= 15 is 0 Å². The fourth-order valence-corrected chi connectivity index (χ4v) is 3.35. The van der Waals surface area contributed by atoms with Gasteiger partial charge >= 0.3 is 0 Å². The summed E-state index contributed by atoms with van der Waals surface area (Å²) in [6.45, 7) is 4.12. The summed E-state index contributed by atoms with van der Waals surface area (Å²) in [6.07, 6.45) is 0. The summed E-state index contributed by atoms with van der Waals surface area (Å²) in [5.74, 6) is -0.480. The van der Waals surface area contributed by atoms with Crippen molar-refractivity contribution >= 4 is 17.5 Å². The van der Waals surface area contributed by atoms with Gasteiger partial charge in [-0.15, -0.1) is 0 Å². The number of hydrogen-bond donors (Lipinski definition) is 1. The number of hydrogen-bond acceptors (Lipinski definition) is 3. The van der Waals surface area contributed by atoms with E-state index in [0.29, 0.717) is 17.1 Å². The van der Waals surface area contributed by atoms with Crippen molar-refractivity contribution in [2.75, 3.05) is 20.6 Å². The first-order valence-corrected chi connectivity index (χ1v) is 9.68. The van der Waals surface area contributed by atoms with Gasteiger partial charge in [-0.2, -0.15) is 5.10 Å². The molecule has 1 N–H and O–H groups in total.